The number of halogens is 3. The number of aromatic nitrogens is 1. The second-order valence-electron chi connectivity index (χ2n) is 6.90. The number of hydrogen-bond acceptors (Lipinski definition) is 5. The Labute approximate surface area is 182 Å². The van der Waals surface area contributed by atoms with Crippen molar-refractivity contribution in [2.24, 2.45) is 0 Å². The Morgan fingerprint density at radius 1 is 1.16 bits per heavy atom. The van der Waals surface area contributed by atoms with E-state index in [-0.39, 0.29) is 17.9 Å². The van der Waals surface area contributed by atoms with E-state index in [1.807, 2.05) is 0 Å². The standard InChI is InChI=1S/C21H20F3NO4S2/c1-4-29-19(26)12-17-13(2)20(18-11-14(21(22,23)24)9-10-25(17)18)30-15-5-7-16(8-6-15)31(3,27)28/h5-11H,4,12H2,1-3H3. The van der Waals surface area contributed by atoms with E-state index >= 15 is 0 Å². The fourth-order valence-corrected chi connectivity index (χ4v) is 4.83. The molecule has 3 rings (SSSR count). The van der Waals surface area contributed by atoms with Crippen LogP contribution in [0.3, 0.4) is 0 Å². The van der Waals surface area contributed by atoms with E-state index in [1.54, 1.807) is 30.4 Å². The van der Waals surface area contributed by atoms with Crippen molar-refractivity contribution in [1.29, 1.82) is 0 Å². The topological polar surface area (TPSA) is 64.9 Å². The molecular weight excluding hydrogens is 451 g/mol. The Hall–Kier alpha value is -2.46. The number of fused-ring (bicyclic) bond motifs is 1. The Morgan fingerprint density at radius 3 is 2.35 bits per heavy atom. The van der Waals surface area contributed by atoms with Crippen LogP contribution in [0.4, 0.5) is 13.2 Å². The molecule has 1 aromatic carbocycles. The summed E-state index contributed by atoms with van der Waals surface area (Å²) in [4.78, 5) is 13.4. The lowest BCUT2D eigenvalue weighted by molar-refractivity contribution is -0.142. The lowest BCUT2D eigenvalue weighted by Gasteiger charge is -2.09. The molecule has 2 aromatic heterocycles. The number of rotatable bonds is 6. The quantitative estimate of drug-likeness (QED) is 0.477. The number of alkyl halides is 3. The third-order valence-corrected chi connectivity index (χ3v) is 7.02. The van der Waals surface area contributed by atoms with Gasteiger partial charge in [0.15, 0.2) is 9.84 Å². The molecule has 5 nitrogen and oxygen atoms in total. The van der Waals surface area contributed by atoms with Gasteiger partial charge in [0.25, 0.3) is 0 Å². The summed E-state index contributed by atoms with van der Waals surface area (Å²) in [5, 5.41) is 0. The lowest BCUT2D eigenvalue weighted by Crippen LogP contribution is -2.10. The van der Waals surface area contributed by atoms with E-state index in [0.717, 1.165) is 18.4 Å². The zero-order chi connectivity index (χ0) is 23.0. The SMILES string of the molecule is CCOC(=O)Cc1c(C)c(Sc2ccc(S(C)(=O)=O)cc2)c2cc(C(F)(F)F)ccn12. The summed E-state index contributed by atoms with van der Waals surface area (Å²) in [6, 6.07) is 8.12. The number of sulfone groups is 1. The third-order valence-electron chi connectivity index (χ3n) is 4.67. The van der Waals surface area contributed by atoms with E-state index < -0.39 is 27.5 Å². The first-order chi connectivity index (χ1) is 14.4. The van der Waals surface area contributed by atoms with Gasteiger partial charge in [-0.2, -0.15) is 13.2 Å². The maximum atomic E-state index is 13.3. The average Bonchev–Trinajstić information content (AvgIpc) is 2.92. The molecule has 0 aliphatic rings. The molecule has 0 saturated heterocycles. The highest BCUT2D eigenvalue weighted by molar-refractivity contribution is 7.99. The Morgan fingerprint density at radius 2 is 1.81 bits per heavy atom. The van der Waals surface area contributed by atoms with Gasteiger partial charge in [0.1, 0.15) is 0 Å². The molecule has 166 valence electrons. The van der Waals surface area contributed by atoms with Crippen LogP contribution < -0.4 is 0 Å². The average molecular weight is 472 g/mol. The number of pyridine rings is 1. The van der Waals surface area contributed by atoms with Gasteiger partial charge in [-0.3, -0.25) is 4.79 Å². The molecule has 0 aliphatic heterocycles. The summed E-state index contributed by atoms with van der Waals surface area (Å²) < 4.78 is 69.8. The van der Waals surface area contributed by atoms with E-state index in [1.165, 1.54) is 30.1 Å². The summed E-state index contributed by atoms with van der Waals surface area (Å²) in [5.74, 6) is -0.473. The highest BCUT2D eigenvalue weighted by Gasteiger charge is 2.31. The fraction of sp³-hybridized carbons (Fsp3) is 0.286. The Kier molecular flexibility index (Phi) is 6.43. The van der Waals surface area contributed by atoms with Gasteiger partial charge in [0, 0.05) is 27.9 Å². The molecule has 31 heavy (non-hydrogen) atoms. The first-order valence-electron chi connectivity index (χ1n) is 9.26. The summed E-state index contributed by atoms with van der Waals surface area (Å²) in [7, 11) is -3.36. The predicted octanol–water partition coefficient (Wildman–Crippen LogP) is 4.93. The lowest BCUT2D eigenvalue weighted by atomic mass is 10.2. The van der Waals surface area contributed by atoms with E-state index in [2.05, 4.69) is 0 Å². The molecule has 0 bridgehead atoms. The molecule has 2 heterocycles. The molecular formula is C21H20F3NO4S2. The summed E-state index contributed by atoms with van der Waals surface area (Å²) >= 11 is 1.21. The van der Waals surface area contributed by atoms with Crippen LogP contribution >= 0.6 is 11.8 Å². The maximum absolute atomic E-state index is 13.3. The van der Waals surface area contributed by atoms with Crippen molar-refractivity contribution in [3.63, 3.8) is 0 Å². The summed E-state index contributed by atoms with van der Waals surface area (Å²) in [5.41, 5.74) is 0.709. The second-order valence-corrected chi connectivity index (χ2v) is 10.00. The molecule has 0 fully saturated rings. The summed E-state index contributed by atoms with van der Waals surface area (Å²) in [6.45, 7) is 3.62. The Balaban J connectivity index is 2.11. The fourth-order valence-electron chi connectivity index (χ4n) is 3.16. The minimum atomic E-state index is -4.51. The van der Waals surface area contributed by atoms with E-state index in [4.69, 9.17) is 4.74 Å². The van der Waals surface area contributed by atoms with Crippen molar-refractivity contribution in [3.05, 3.63) is 59.4 Å². The number of hydrogen-bond donors (Lipinski definition) is 0. The summed E-state index contributed by atoms with van der Waals surface area (Å²) in [6.07, 6.45) is -2.20. The van der Waals surface area contributed by atoms with E-state index in [0.29, 0.717) is 26.6 Å². The second kappa shape index (κ2) is 8.58. The van der Waals surface area contributed by atoms with Crippen LogP contribution in [0.1, 0.15) is 23.7 Å². The highest BCUT2D eigenvalue weighted by atomic mass is 32.2. The van der Waals surface area contributed by atoms with Gasteiger partial charge in [0.05, 0.1) is 29.0 Å². The first kappa shape index (κ1) is 23.2. The van der Waals surface area contributed by atoms with Crippen molar-refractivity contribution in [2.45, 2.75) is 41.1 Å². The zero-order valence-electron chi connectivity index (χ0n) is 17.0. The molecule has 10 heteroatoms. The van der Waals surface area contributed by atoms with Crippen LogP contribution in [0, 0.1) is 6.92 Å². The maximum Gasteiger partial charge on any atom is 0.416 e. The van der Waals surface area contributed by atoms with Gasteiger partial charge < -0.3 is 9.14 Å². The first-order valence-corrected chi connectivity index (χ1v) is 12.0. The molecule has 3 aromatic rings. The Bertz CT molecular complexity index is 1230. The number of carbonyl (C=O) groups excluding carboxylic acids is 1. The van der Waals surface area contributed by atoms with Gasteiger partial charge >= 0.3 is 12.1 Å². The van der Waals surface area contributed by atoms with Crippen LogP contribution in [0.15, 0.2) is 57.3 Å². The third kappa shape index (κ3) is 5.07. The van der Waals surface area contributed by atoms with Crippen molar-refractivity contribution in [3.8, 4) is 0 Å². The molecule has 0 amide bonds. The number of esters is 1. The number of benzene rings is 1. The van der Waals surface area contributed by atoms with E-state index in [9.17, 15) is 26.4 Å². The number of nitrogens with zero attached hydrogens (tertiary/aromatic N) is 1. The van der Waals surface area contributed by atoms with Crippen LogP contribution in [-0.2, 0) is 32.0 Å². The van der Waals surface area contributed by atoms with Crippen molar-refractivity contribution in [1.82, 2.24) is 4.40 Å². The monoisotopic (exact) mass is 471 g/mol. The molecule has 0 spiro atoms. The van der Waals surface area contributed by atoms with Gasteiger partial charge in [0.2, 0.25) is 0 Å². The van der Waals surface area contributed by atoms with Gasteiger partial charge in [-0.25, -0.2) is 8.42 Å². The smallest absolute Gasteiger partial charge is 0.416 e. The van der Waals surface area contributed by atoms with Gasteiger partial charge in [-0.05, 0) is 55.8 Å². The van der Waals surface area contributed by atoms with Crippen molar-refractivity contribution < 1.29 is 31.1 Å². The van der Waals surface area contributed by atoms with Crippen molar-refractivity contribution >= 4 is 33.1 Å². The highest BCUT2D eigenvalue weighted by Crippen LogP contribution is 2.40. The van der Waals surface area contributed by atoms with Crippen LogP contribution in [0.5, 0.6) is 0 Å². The largest absolute Gasteiger partial charge is 0.466 e. The van der Waals surface area contributed by atoms with Crippen LogP contribution in [-0.4, -0.2) is 31.7 Å². The minimum Gasteiger partial charge on any atom is -0.466 e. The number of carbonyl (C=O) groups is 1. The molecule has 0 N–H and O–H groups in total. The van der Waals surface area contributed by atoms with Crippen LogP contribution in [0.2, 0.25) is 0 Å². The predicted molar refractivity (Wildman–Crippen MR) is 111 cm³/mol. The zero-order valence-corrected chi connectivity index (χ0v) is 18.6. The van der Waals surface area contributed by atoms with Crippen LogP contribution in [0.25, 0.3) is 5.52 Å². The number of ether oxygens (including phenoxy) is 1. The van der Waals surface area contributed by atoms with Gasteiger partial charge in [-0.1, -0.05) is 11.8 Å². The normalized spacial score (nSPS) is 12.3. The molecule has 0 saturated carbocycles. The molecule has 0 unspecified atom stereocenters. The molecule has 0 radical (unpaired) electrons. The van der Waals surface area contributed by atoms with Gasteiger partial charge in [-0.15, -0.1) is 0 Å². The molecule has 0 aliphatic carbocycles. The minimum absolute atomic E-state index is 0.0836. The molecule has 0 atom stereocenters. The van der Waals surface area contributed by atoms with Crippen molar-refractivity contribution in [2.75, 3.05) is 12.9 Å².